The summed E-state index contributed by atoms with van der Waals surface area (Å²) in [6, 6.07) is -0.844. The van der Waals surface area contributed by atoms with E-state index < -0.39 is 12.0 Å². The first kappa shape index (κ1) is 10.9. The van der Waals surface area contributed by atoms with E-state index in [0.717, 1.165) is 0 Å². The van der Waals surface area contributed by atoms with Crippen LogP contribution >= 0.6 is 23.3 Å². The molecule has 1 aromatic rings. The third-order valence-electron chi connectivity index (χ3n) is 1.32. The Morgan fingerprint density at radius 1 is 1.86 bits per heavy atom. The number of carbonyl (C=O) groups is 1. The van der Waals surface area contributed by atoms with Gasteiger partial charge in [0.15, 0.2) is 5.13 Å². The summed E-state index contributed by atoms with van der Waals surface area (Å²) in [5.41, 5.74) is 0. The Morgan fingerprint density at radius 3 is 3.14 bits per heavy atom. The summed E-state index contributed by atoms with van der Waals surface area (Å²) < 4.78 is 2.53. The molecule has 76 valence electrons. The number of nitroso groups, excluding NO2 is 1. The van der Waals surface area contributed by atoms with Crippen LogP contribution in [0.5, 0.6) is 0 Å². The maximum Gasteiger partial charge on any atom is 0.327 e. The molecule has 1 atom stereocenters. The molecule has 1 heterocycles. The Labute approximate surface area is 87.8 Å². The molecule has 0 aromatic carbocycles. The number of hydrogen-bond acceptors (Lipinski definition) is 7. The van der Waals surface area contributed by atoms with Crippen LogP contribution < -0.4 is 5.32 Å². The summed E-state index contributed by atoms with van der Waals surface area (Å²) >= 11 is 1.97. The zero-order valence-corrected chi connectivity index (χ0v) is 8.55. The molecule has 2 N–H and O–H groups in total. The number of nitrogens with zero attached hydrogens (tertiary/aromatic N) is 2. The highest BCUT2D eigenvalue weighted by Crippen LogP contribution is 2.14. The SMILES string of the molecule is O=NSCC(Nc1nccs1)C(=O)O. The molecule has 0 bridgehead atoms. The van der Waals surface area contributed by atoms with E-state index in [9.17, 15) is 9.70 Å². The van der Waals surface area contributed by atoms with Gasteiger partial charge in [-0.3, -0.25) is 0 Å². The van der Waals surface area contributed by atoms with E-state index >= 15 is 0 Å². The number of carboxylic acids is 1. The van der Waals surface area contributed by atoms with Crippen LogP contribution in [0, 0.1) is 4.91 Å². The second-order valence-corrected chi connectivity index (χ2v) is 3.88. The van der Waals surface area contributed by atoms with Crippen molar-refractivity contribution in [2.45, 2.75) is 6.04 Å². The molecule has 0 aliphatic heterocycles. The summed E-state index contributed by atoms with van der Waals surface area (Å²) in [6.45, 7) is 0. The molecule has 0 spiro atoms. The Balaban J connectivity index is 2.51. The van der Waals surface area contributed by atoms with Crippen LogP contribution in [-0.2, 0) is 4.79 Å². The van der Waals surface area contributed by atoms with Gasteiger partial charge >= 0.3 is 5.97 Å². The quantitative estimate of drug-likeness (QED) is 0.570. The van der Waals surface area contributed by atoms with Gasteiger partial charge in [0.1, 0.15) is 6.04 Å². The lowest BCUT2D eigenvalue weighted by molar-refractivity contribution is -0.137. The van der Waals surface area contributed by atoms with E-state index in [1.54, 1.807) is 11.6 Å². The first-order valence-corrected chi connectivity index (χ1v) is 5.39. The van der Waals surface area contributed by atoms with Crippen molar-refractivity contribution in [1.29, 1.82) is 0 Å². The number of hydrogen-bond donors (Lipinski definition) is 2. The van der Waals surface area contributed by atoms with Gasteiger partial charge in [-0.2, -0.15) is 0 Å². The number of aliphatic carboxylic acids is 1. The molecular weight excluding hydrogens is 226 g/mol. The van der Waals surface area contributed by atoms with E-state index in [2.05, 4.69) is 14.9 Å². The molecular formula is C6H7N3O3S2. The number of aromatic nitrogens is 1. The third kappa shape index (κ3) is 3.30. The molecule has 14 heavy (non-hydrogen) atoms. The number of rotatable bonds is 6. The third-order valence-corrected chi connectivity index (χ3v) is 2.61. The van der Waals surface area contributed by atoms with Crippen molar-refractivity contribution in [3.05, 3.63) is 16.5 Å². The second kappa shape index (κ2) is 5.55. The number of carboxylic acid groups (broad SMARTS) is 1. The molecule has 0 saturated carbocycles. The molecule has 0 radical (unpaired) electrons. The van der Waals surface area contributed by atoms with E-state index in [0.29, 0.717) is 17.1 Å². The van der Waals surface area contributed by atoms with Crippen LogP contribution in [0.2, 0.25) is 0 Å². The van der Waals surface area contributed by atoms with Crippen molar-refractivity contribution in [3.63, 3.8) is 0 Å². The number of anilines is 1. The maximum absolute atomic E-state index is 10.7. The molecule has 6 nitrogen and oxygen atoms in total. The van der Waals surface area contributed by atoms with Crippen LogP contribution in [0.25, 0.3) is 0 Å². The fraction of sp³-hybridized carbons (Fsp3) is 0.333. The zero-order chi connectivity index (χ0) is 10.4. The van der Waals surface area contributed by atoms with E-state index in [-0.39, 0.29) is 5.75 Å². The fourth-order valence-electron chi connectivity index (χ4n) is 0.723. The average molecular weight is 233 g/mol. The van der Waals surface area contributed by atoms with Crippen LogP contribution in [0.3, 0.4) is 0 Å². The maximum atomic E-state index is 10.7. The molecule has 1 aromatic heterocycles. The molecule has 0 aliphatic rings. The Morgan fingerprint density at radius 2 is 2.64 bits per heavy atom. The minimum atomic E-state index is -1.03. The Hall–Kier alpha value is -1.15. The van der Waals surface area contributed by atoms with Gasteiger partial charge in [-0.1, -0.05) is 0 Å². The van der Waals surface area contributed by atoms with Crippen molar-refractivity contribution in [2.75, 3.05) is 11.1 Å². The molecule has 1 unspecified atom stereocenters. The molecule has 0 amide bonds. The Bertz CT molecular complexity index is 303. The normalized spacial score (nSPS) is 12.0. The zero-order valence-electron chi connectivity index (χ0n) is 6.91. The number of thiazole rings is 1. The average Bonchev–Trinajstić information content (AvgIpc) is 2.64. The van der Waals surface area contributed by atoms with Gasteiger partial charge in [0.25, 0.3) is 0 Å². The molecule has 8 heteroatoms. The van der Waals surface area contributed by atoms with Gasteiger partial charge in [0.05, 0.1) is 0 Å². The van der Waals surface area contributed by atoms with Gasteiger partial charge in [0, 0.05) is 33.9 Å². The number of nitrogens with one attached hydrogen (secondary N) is 1. The highest BCUT2D eigenvalue weighted by molar-refractivity contribution is 7.97. The summed E-state index contributed by atoms with van der Waals surface area (Å²) in [4.78, 5) is 24.4. The van der Waals surface area contributed by atoms with Crippen LogP contribution in [-0.4, -0.2) is 27.9 Å². The minimum absolute atomic E-state index is 0.0818. The molecule has 1 rings (SSSR count). The van der Waals surface area contributed by atoms with Gasteiger partial charge in [-0.15, -0.1) is 16.2 Å². The van der Waals surface area contributed by atoms with Gasteiger partial charge in [-0.25, -0.2) is 9.78 Å². The Kier molecular flexibility index (Phi) is 4.33. The van der Waals surface area contributed by atoms with Crippen LogP contribution in [0.15, 0.2) is 16.2 Å². The van der Waals surface area contributed by atoms with E-state index in [1.807, 2.05) is 0 Å². The van der Waals surface area contributed by atoms with Gasteiger partial charge in [-0.05, 0) is 0 Å². The predicted octanol–water partition coefficient (Wildman–Crippen LogP) is 1.42. The van der Waals surface area contributed by atoms with E-state index in [1.165, 1.54) is 11.3 Å². The topological polar surface area (TPSA) is 91.7 Å². The lowest BCUT2D eigenvalue weighted by Gasteiger charge is -2.10. The lowest BCUT2D eigenvalue weighted by atomic mass is 10.3. The smallest absolute Gasteiger partial charge is 0.327 e. The van der Waals surface area contributed by atoms with Crippen molar-refractivity contribution >= 4 is 34.4 Å². The van der Waals surface area contributed by atoms with Crippen molar-refractivity contribution in [3.8, 4) is 0 Å². The molecule has 0 fully saturated rings. The fourth-order valence-corrected chi connectivity index (χ4v) is 1.74. The van der Waals surface area contributed by atoms with Crippen LogP contribution in [0.1, 0.15) is 0 Å². The van der Waals surface area contributed by atoms with Crippen molar-refractivity contribution in [2.24, 2.45) is 4.58 Å². The first-order chi connectivity index (χ1) is 6.74. The molecule has 0 saturated heterocycles. The van der Waals surface area contributed by atoms with Crippen molar-refractivity contribution in [1.82, 2.24) is 4.98 Å². The summed E-state index contributed by atoms with van der Waals surface area (Å²) in [7, 11) is 0. The van der Waals surface area contributed by atoms with Crippen LogP contribution in [0.4, 0.5) is 5.13 Å². The standard InChI is InChI=1S/C6H7N3O3S2/c10-5(11)4(3-14-9-12)8-6-7-1-2-13-6/h1-2,4H,3H2,(H,7,8)(H,10,11). The first-order valence-electron chi connectivity index (χ1n) is 3.57. The van der Waals surface area contributed by atoms with Gasteiger partial charge < -0.3 is 10.4 Å². The highest BCUT2D eigenvalue weighted by Gasteiger charge is 2.18. The van der Waals surface area contributed by atoms with Crippen molar-refractivity contribution < 1.29 is 9.90 Å². The molecule has 0 aliphatic carbocycles. The lowest BCUT2D eigenvalue weighted by Crippen LogP contribution is -2.31. The summed E-state index contributed by atoms with van der Waals surface area (Å²) in [5.74, 6) is -0.949. The minimum Gasteiger partial charge on any atom is -0.480 e. The predicted molar refractivity (Wildman–Crippen MR) is 55.4 cm³/mol. The van der Waals surface area contributed by atoms with Gasteiger partial charge in [0.2, 0.25) is 0 Å². The summed E-state index contributed by atoms with van der Waals surface area (Å²) in [6.07, 6.45) is 1.57. The highest BCUT2D eigenvalue weighted by atomic mass is 32.2. The second-order valence-electron chi connectivity index (χ2n) is 2.24. The summed E-state index contributed by atoms with van der Waals surface area (Å²) in [5, 5.41) is 13.7. The largest absolute Gasteiger partial charge is 0.480 e. The monoisotopic (exact) mass is 233 g/mol. The van der Waals surface area contributed by atoms with E-state index in [4.69, 9.17) is 5.11 Å².